The summed E-state index contributed by atoms with van der Waals surface area (Å²) in [4.78, 5) is 0. The summed E-state index contributed by atoms with van der Waals surface area (Å²) in [6.45, 7) is 6.99. The molecule has 0 bridgehead atoms. The van der Waals surface area contributed by atoms with E-state index in [0.29, 0.717) is 6.42 Å². The highest BCUT2D eigenvalue weighted by molar-refractivity contribution is 9.10. The Bertz CT molecular complexity index is 428. The van der Waals surface area contributed by atoms with Crippen molar-refractivity contribution in [3.63, 3.8) is 0 Å². The molecule has 0 aliphatic heterocycles. The minimum absolute atomic E-state index is 0.193. The van der Waals surface area contributed by atoms with Gasteiger partial charge in [-0.3, -0.25) is 0 Å². The molecule has 1 aromatic rings. The van der Waals surface area contributed by atoms with Crippen LogP contribution in [-0.4, -0.2) is 12.6 Å². The second-order valence-electron chi connectivity index (χ2n) is 4.11. The van der Waals surface area contributed by atoms with Crippen LogP contribution in [-0.2, 0) is 0 Å². The van der Waals surface area contributed by atoms with E-state index in [0.717, 1.165) is 22.3 Å². The van der Waals surface area contributed by atoms with Crippen LogP contribution in [0.2, 0.25) is 0 Å². The quantitative estimate of drug-likeness (QED) is 0.869. The zero-order chi connectivity index (χ0) is 13.5. The molecule has 98 valence electrons. The average molecular weight is 311 g/mol. The van der Waals surface area contributed by atoms with Crippen molar-refractivity contribution in [2.24, 2.45) is 0 Å². The number of nitriles is 1. The molecule has 1 rings (SSSR count). The minimum atomic E-state index is -0.390. The third-order valence-electron chi connectivity index (χ3n) is 2.73. The van der Waals surface area contributed by atoms with Crippen molar-refractivity contribution < 1.29 is 4.74 Å². The molecule has 1 N–H and O–H groups in total. The van der Waals surface area contributed by atoms with Crippen LogP contribution in [0.4, 0.5) is 0 Å². The van der Waals surface area contributed by atoms with E-state index in [9.17, 15) is 0 Å². The van der Waals surface area contributed by atoms with E-state index in [1.54, 1.807) is 0 Å². The van der Waals surface area contributed by atoms with Gasteiger partial charge < -0.3 is 10.1 Å². The third kappa shape index (κ3) is 4.01. The standard InChI is InChI=1S/C14H19BrN2O/c1-4-12(9-16)18-14-7-6-11(15)8-13(14)10(3)17-5-2/h6-8,10,12,17H,4-5H2,1-3H3. The van der Waals surface area contributed by atoms with Gasteiger partial charge in [-0.25, -0.2) is 0 Å². The van der Waals surface area contributed by atoms with E-state index >= 15 is 0 Å². The summed E-state index contributed by atoms with van der Waals surface area (Å²) in [7, 11) is 0. The van der Waals surface area contributed by atoms with E-state index in [1.165, 1.54) is 0 Å². The number of rotatable bonds is 6. The van der Waals surface area contributed by atoms with Gasteiger partial charge in [-0.1, -0.05) is 29.8 Å². The van der Waals surface area contributed by atoms with Gasteiger partial charge in [0.25, 0.3) is 0 Å². The number of ether oxygens (including phenoxy) is 1. The van der Waals surface area contributed by atoms with Gasteiger partial charge in [-0.05, 0) is 38.1 Å². The second-order valence-corrected chi connectivity index (χ2v) is 5.02. The first-order chi connectivity index (χ1) is 8.62. The molecule has 3 nitrogen and oxygen atoms in total. The maximum atomic E-state index is 8.97. The third-order valence-corrected chi connectivity index (χ3v) is 3.23. The molecule has 0 saturated heterocycles. The first kappa shape index (κ1) is 15.0. The van der Waals surface area contributed by atoms with Gasteiger partial charge in [0, 0.05) is 16.1 Å². The molecule has 0 aliphatic rings. The van der Waals surface area contributed by atoms with Crippen LogP contribution in [0.15, 0.2) is 22.7 Å². The lowest BCUT2D eigenvalue weighted by Crippen LogP contribution is -2.20. The summed E-state index contributed by atoms with van der Waals surface area (Å²) in [5.41, 5.74) is 1.07. The maximum Gasteiger partial charge on any atom is 0.184 e. The monoisotopic (exact) mass is 310 g/mol. The van der Waals surface area contributed by atoms with E-state index in [2.05, 4.69) is 41.2 Å². The largest absolute Gasteiger partial charge is 0.475 e. The van der Waals surface area contributed by atoms with Gasteiger partial charge in [0.1, 0.15) is 11.8 Å². The molecule has 0 radical (unpaired) electrons. The Morgan fingerprint density at radius 3 is 2.72 bits per heavy atom. The molecule has 2 unspecified atom stereocenters. The predicted molar refractivity (Wildman–Crippen MR) is 76.6 cm³/mol. The molecule has 4 heteroatoms. The van der Waals surface area contributed by atoms with Crippen molar-refractivity contribution in [2.45, 2.75) is 39.3 Å². The zero-order valence-electron chi connectivity index (χ0n) is 11.0. The summed E-state index contributed by atoms with van der Waals surface area (Å²) < 4.78 is 6.76. The van der Waals surface area contributed by atoms with Gasteiger partial charge in [0.05, 0.1) is 0 Å². The number of halogens is 1. The van der Waals surface area contributed by atoms with Crippen LogP contribution in [0.25, 0.3) is 0 Å². The molecule has 1 aromatic carbocycles. The fourth-order valence-corrected chi connectivity index (χ4v) is 2.11. The molecular formula is C14H19BrN2O. The predicted octanol–water partition coefficient (Wildman–Crippen LogP) is 3.80. The molecule has 0 aromatic heterocycles. The summed E-state index contributed by atoms with van der Waals surface area (Å²) >= 11 is 3.47. The number of nitrogens with one attached hydrogen (secondary N) is 1. The van der Waals surface area contributed by atoms with Gasteiger partial charge in [0.2, 0.25) is 0 Å². The fourth-order valence-electron chi connectivity index (χ4n) is 1.74. The summed E-state index contributed by atoms with van der Waals surface area (Å²) in [5.74, 6) is 0.778. The Hall–Kier alpha value is -1.05. The number of nitrogens with zero attached hydrogens (tertiary/aromatic N) is 1. The lowest BCUT2D eigenvalue weighted by atomic mass is 10.1. The van der Waals surface area contributed by atoms with Crippen molar-refractivity contribution in [3.8, 4) is 11.8 Å². The Labute approximate surface area is 117 Å². The van der Waals surface area contributed by atoms with Crippen LogP contribution < -0.4 is 10.1 Å². The summed E-state index contributed by atoms with van der Waals surface area (Å²) in [6.07, 6.45) is 0.292. The maximum absolute atomic E-state index is 8.97. The Morgan fingerprint density at radius 2 is 2.17 bits per heavy atom. The van der Waals surface area contributed by atoms with Crippen molar-refractivity contribution in [2.75, 3.05) is 6.54 Å². The highest BCUT2D eigenvalue weighted by Gasteiger charge is 2.14. The number of hydrogen-bond donors (Lipinski definition) is 1. The summed E-state index contributed by atoms with van der Waals surface area (Å²) in [5, 5.41) is 12.3. The van der Waals surface area contributed by atoms with E-state index in [1.807, 2.05) is 25.1 Å². The lowest BCUT2D eigenvalue weighted by Gasteiger charge is -2.19. The van der Waals surface area contributed by atoms with Gasteiger partial charge in [0.15, 0.2) is 6.10 Å². The number of benzene rings is 1. The van der Waals surface area contributed by atoms with Gasteiger partial charge >= 0.3 is 0 Å². The average Bonchev–Trinajstić information content (AvgIpc) is 2.37. The van der Waals surface area contributed by atoms with E-state index < -0.39 is 6.10 Å². The Kier molecular flexibility index (Phi) is 6.17. The van der Waals surface area contributed by atoms with Crippen molar-refractivity contribution in [3.05, 3.63) is 28.2 Å². The van der Waals surface area contributed by atoms with Crippen LogP contribution in [0.1, 0.15) is 38.8 Å². The van der Waals surface area contributed by atoms with Crippen LogP contribution in [0.3, 0.4) is 0 Å². The van der Waals surface area contributed by atoms with Crippen molar-refractivity contribution >= 4 is 15.9 Å². The van der Waals surface area contributed by atoms with Crippen LogP contribution >= 0.6 is 15.9 Å². The molecule has 0 amide bonds. The Balaban J connectivity index is 3.00. The minimum Gasteiger partial charge on any atom is -0.475 e. The smallest absolute Gasteiger partial charge is 0.184 e. The lowest BCUT2D eigenvalue weighted by molar-refractivity contribution is 0.247. The SMILES string of the molecule is CCNC(C)c1cc(Br)ccc1OC(C#N)CC. The molecule has 0 heterocycles. The van der Waals surface area contributed by atoms with Gasteiger partial charge in [-0.2, -0.15) is 5.26 Å². The number of hydrogen-bond acceptors (Lipinski definition) is 3. The van der Waals surface area contributed by atoms with Gasteiger partial charge in [-0.15, -0.1) is 0 Å². The normalized spacial score (nSPS) is 13.7. The molecule has 18 heavy (non-hydrogen) atoms. The highest BCUT2D eigenvalue weighted by Crippen LogP contribution is 2.29. The van der Waals surface area contributed by atoms with Crippen molar-refractivity contribution in [1.29, 1.82) is 5.26 Å². The van der Waals surface area contributed by atoms with Crippen LogP contribution in [0.5, 0.6) is 5.75 Å². The molecule has 0 saturated carbocycles. The molecule has 0 spiro atoms. The second kappa shape index (κ2) is 7.40. The fraction of sp³-hybridized carbons (Fsp3) is 0.500. The first-order valence-electron chi connectivity index (χ1n) is 6.21. The van der Waals surface area contributed by atoms with E-state index in [4.69, 9.17) is 10.00 Å². The van der Waals surface area contributed by atoms with Crippen molar-refractivity contribution in [1.82, 2.24) is 5.32 Å². The molecule has 2 atom stereocenters. The molecule has 0 aliphatic carbocycles. The Morgan fingerprint density at radius 1 is 1.44 bits per heavy atom. The van der Waals surface area contributed by atoms with Crippen LogP contribution in [0, 0.1) is 11.3 Å². The molecule has 0 fully saturated rings. The highest BCUT2D eigenvalue weighted by atomic mass is 79.9. The zero-order valence-corrected chi connectivity index (χ0v) is 12.6. The molecular weight excluding hydrogens is 292 g/mol. The summed E-state index contributed by atoms with van der Waals surface area (Å²) in [6, 6.07) is 8.23. The topological polar surface area (TPSA) is 45.0 Å². The first-order valence-corrected chi connectivity index (χ1v) is 7.00. The van der Waals surface area contributed by atoms with E-state index in [-0.39, 0.29) is 6.04 Å².